The zero-order valence-corrected chi connectivity index (χ0v) is 16.2. The van der Waals surface area contributed by atoms with Crippen LogP contribution in [0, 0.1) is 5.41 Å². The van der Waals surface area contributed by atoms with Crippen LogP contribution in [0.2, 0.25) is 0 Å². The van der Waals surface area contributed by atoms with Crippen molar-refractivity contribution in [3.63, 3.8) is 0 Å². The molecule has 2 aliphatic heterocycles. The number of likely N-dealkylation sites (tertiary alicyclic amines) is 1. The van der Waals surface area contributed by atoms with Crippen molar-refractivity contribution in [2.24, 2.45) is 11.1 Å². The third-order valence-corrected chi connectivity index (χ3v) is 5.95. The Morgan fingerprint density at radius 2 is 1.75 bits per heavy atom. The molecule has 3 fully saturated rings. The van der Waals surface area contributed by atoms with Gasteiger partial charge in [0.15, 0.2) is 0 Å². The van der Waals surface area contributed by atoms with Crippen LogP contribution in [-0.2, 0) is 9.53 Å². The first kappa shape index (κ1) is 22.0. The van der Waals surface area contributed by atoms with Gasteiger partial charge in [-0.05, 0) is 31.2 Å². The second-order valence-electron chi connectivity index (χ2n) is 7.37. The summed E-state index contributed by atoms with van der Waals surface area (Å²) in [5.41, 5.74) is 6.13. The molecule has 1 saturated carbocycles. The minimum atomic E-state index is 0. The maximum Gasteiger partial charge on any atom is 0.223 e. The van der Waals surface area contributed by atoms with Gasteiger partial charge in [-0.3, -0.25) is 9.69 Å². The number of rotatable bonds is 4. The molecule has 3 rings (SSSR count). The van der Waals surface area contributed by atoms with Crippen LogP contribution in [0.15, 0.2) is 0 Å². The lowest BCUT2D eigenvalue weighted by atomic mass is 9.71. The van der Waals surface area contributed by atoms with Gasteiger partial charge in [0.1, 0.15) is 0 Å². The number of amides is 1. The Kier molecular flexibility index (Phi) is 9.31. The Morgan fingerprint density at radius 1 is 1.08 bits per heavy atom. The van der Waals surface area contributed by atoms with Crippen molar-refractivity contribution in [3.8, 4) is 0 Å². The van der Waals surface area contributed by atoms with E-state index in [2.05, 4.69) is 9.80 Å². The van der Waals surface area contributed by atoms with Crippen LogP contribution in [-0.4, -0.2) is 67.7 Å². The fourth-order valence-corrected chi connectivity index (χ4v) is 4.40. The largest absolute Gasteiger partial charge is 0.379 e. The molecule has 0 aromatic carbocycles. The Hall–Kier alpha value is -0.0700. The molecule has 0 radical (unpaired) electrons. The van der Waals surface area contributed by atoms with Crippen LogP contribution in [0.1, 0.15) is 44.9 Å². The van der Waals surface area contributed by atoms with Crippen molar-refractivity contribution in [2.45, 2.75) is 51.0 Å². The van der Waals surface area contributed by atoms with Crippen molar-refractivity contribution < 1.29 is 9.53 Å². The predicted octanol–water partition coefficient (Wildman–Crippen LogP) is 2.06. The molecule has 1 aliphatic carbocycles. The van der Waals surface area contributed by atoms with Crippen molar-refractivity contribution in [1.82, 2.24) is 9.80 Å². The molecule has 0 bridgehead atoms. The molecular formula is C17H33Cl2N3O2. The molecule has 2 N–H and O–H groups in total. The zero-order chi connectivity index (χ0) is 15.4. The Balaban J connectivity index is 0.00000144. The van der Waals surface area contributed by atoms with Crippen molar-refractivity contribution in [3.05, 3.63) is 0 Å². The van der Waals surface area contributed by atoms with E-state index in [1.807, 2.05) is 0 Å². The van der Waals surface area contributed by atoms with Gasteiger partial charge in [-0.1, -0.05) is 19.3 Å². The van der Waals surface area contributed by atoms with Gasteiger partial charge in [-0.15, -0.1) is 24.8 Å². The lowest BCUT2D eigenvalue weighted by molar-refractivity contribution is -0.133. The van der Waals surface area contributed by atoms with Crippen LogP contribution >= 0.6 is 24.8 Å². The van der Waals surface area contributed by atoms with Gasteiger partial charge >= 0.3 is 0 Å². The van der Waals surface area contributed by atoms with Gasteiger partial charge in [-0.2, -0.15) is 0 Å². The maximum absolute atomic E-state index is 12.7. The van der Waals surface area contributed by atoms with E-state index in [1.165, 1.54) is 19.3 Å². The molecule has 2 heterocycles. The first-order valence-corrected chi connectivity index (χ1v) is 9.02. The molecule has 3 aliphatic rings. The van der Waals surface area contributed by atoms with Gasteiger partial charge in [0.2, 0.25) is 5.91 Å². The smallest absolute Gasteiger partial charge is 0.223 e. The molecule has 7 heteroatoms. The SMILES string of the molecule is Cl.Cl.NCC1(CC(=O)N2CCC(N3CCOCC3)C2)CCCCC1. The topological polar surface area (TPSA) is 58.8 Å². The quantitative estimate of drug-likeness (QED) is 0.809. The van der Waals surface area contributed by atoms with Gasteiger partial charge in [0, 0.05) is 38.6 Å². The summed E-state index contributed by atoms with van der Waals surface area (Å²) in [7, 11) is 0. The highest BCUT2D eigenvalue weighted by atomic mass is 35.5. The number of hydrogen-bond donors (Lipinski definition) is 1. The molecule has 24 heavy (non-hydrogen) atoms. The summed E-state index contributed by atoms with van der Waals surface area (Å²) in [6.07, 6.45) is 7.83. The van der Waals surface area contributed by atoms with E-state index in [1.54, 1.807) is 0 Å². The predicted molar refractivity (Wildman–Crippen MR) is 101 cm³/mol. The summed E-state index contributed by atoms with van der Waals surface area (Å²) in [6.45, 7) is 6.18. The number of ether oxygens (including phenoxy) is 1. The molecule has 0 aromatic rings. The summed E-state index contributed by atoms with van der Waals surface area (Å²) in [5.74, 6) is 0.336. The molecule has 1 atom stereocenters. The molecule has 1 unspecified atom stereocenters. The summed E-state index contributed by atoms with van der Waals surface area (Å²) in [5, 5.41) is 0. The number of nitrogens with zero attached hydrogens (tertiary/aromatic N) is 2. The minimum absolute atomic E-state index is 0. The Labute approximate surface area is 158 Å². The molecule has 5 nitrogen and oxygen atoms in total. The highest BCUT2D eigenvalue weighted by molar-refractivity contribution is 5.85. The number of hydrogen-bond acceptors (Lipinski definition) is 4. The number of nitrogens with two attached hydrogens (primary N) is 1. The second kappa shape index (κ2) is 10.2. The number of carbonyl (C=O) groups excluding carboxylic acids is 1. The van der Waals surface area contributed by atoms with Gasteiger partial charge in [-0.25, -0.2) is 0 Å². The maximum atomic E-state index is 12.7. The minimum Gasteiger partial charge on any atom is -0.379 e. The van der Waals surface area contributed by atoms with Gasteiger partial charge in [0.05, 0.1) is 13.2 Å². The number of halogens is 2. The first-order valence-electron chi connectivity index (χ1n) is 9.02. The first-order chi connectivity index (χ1) is 10.7. The fourth-order valence-electron chi connectivity index (χ4n) is 4.40. The van der Waals surface area contributed by atoms with Crippen LogP contribution in [0.3, 0.4) is 0 Å². The van der Waals surface area contributed by atoms with Crippen LogP contribution in [0.25, 0.3) is 0 Å². The highest BCUT2D eigenvalue weighted by Gasteiger charge is 2.37. The molecule has 2 saturated heterocycles. The third kappa shape index (κ3) is 5.21. The zero-order valence-electron chi connectivity index (χ0n) is 14.6. The van der Waals surface area contributed by atoms with Crippen molar-refractivity contribution in [1.29, 1.82) is 0 Å². The normalized spacial score (nSPS) is 27.2. The van der Waals surface area contributed by atoms with E-state index < -0.39 is 0 Å². The molecular weight excluding hydrogens is 349 g/mol. The lowest BCUT2D eigenvalue weighted by Crippen LogP contribution is -2.45. The monoisotopic (exact) mass is 381 g/mol. The second-order valence-corrected chi connectivity index (χ2v) is 7.37. The lowest BCUT2D eigenvalue weighted by Gasteiger charge is -2.37. The Morgan fingerprint density at radius 3 is 2.38 bits per heavy atom. The summed E-state index contributed by atoms with van der Waals surface area (Å²) in [4.78, 5) is 17.3. The van der Waals surface area contributed by atoms with Crippen molar-refractivity contribution in [2.75, 3.05) is 45.9 Å². The van der Waals surface area contributed by atoms with Crippen LogP contribution < -0.4 is 5.73 Å². The van der Waals surface area contributed by atoms with E-state index in [9.17, 15) is 4.79 Å². The van der Waals surface area contributed by atoms with Gasteiger partial charge < -0.3 is 15.4 Å². The van der Waals surface area contributed by atoms with Crippen LogP contribution in [0.5, 0.6) is 0 Å². The molecule has 0 aromatic heterocycles. The van der Waals surface area contributed by atoms with Crippen LogP contribution in [0.4, 0.5) is 0 Å². The van der Waals surface area contributed by atoms with E-state index in [-0.39, 0.29) is 30.2 Å². The number of carbonyl (C=O) groups is 1. The van der Waals surface area contributed by atoms with E-state index in [0.717, 1.165) is 58.7 Å². The summed E-state index contributed by atoms with van der Waals surface area (Å²) in [6, 6.07) is 0.535. The molecule has 1 amide bonds. The molecule has 142 valence electrons. The van der Waals surface area contributed by atoms with E-state index in [4.69, 9.17) is 10.5 Å². The van der Waals surface area contributed by atoms with E-state index in [0.29, 0.717) is 24.9 Å². The summed E-state index contributed by atoms with van der Waals surface area (Å²) >= 11 is 0. The van der Waals surface area contributed by atoms with Gasteiger partial charge in [0.25, 0.3) is 0 Å². The number of morpholine rings is 1. The standard InChI is InChI=1S/C17H31N3O2.2ClH/c18-14-17(5-2-1-3-6-17)12-16(21)20-7-4-15(13-20)19-8-10-22-11-9-19;;/h15H,1-14,18H2;2*1H. The molecule has 0 spiro atoms. The Bertz CT molecular complexity index is 386. The van der Waals surface area contributed by atoms with Crippen molar-refractivity contribution >= 4 is 30.7 Å². The average Bonchev–Trinajstić information content (AvgIpc) is 3.07. The third-order valence-electron chi connectivity index (χ3n) is 5.95. The summed E-state index contributed by atoms with van der Waals surface area (Å²) < 4.78 is 5.43. The van der Waals surface area contributed by atoms with E-state index >= 15 is 0 Å². The highest BCUT2D eigenvalue weighted by Crippen LogP contribution is 2.39. The fraction of sp³-hybridized carbons (Fsp3) is 0.941. The average molecular weight is 382 g/mol.